The summed E-state index contributed by atoms with van der Waals surface area (Å²) in [5, 5.41) is 7.21. The van der Waals surface area contributed by atoms with Gasteiger partial charge in [0.2, 0.25) is 0 Å². The monoisotopic (exact) mass is 406 g/mol. The number of ether oxygens (including phenoxy) is 1. The van der Waals surface area contributed by atoms with Crippen molar-refractivity contribution < 1.29 is 19.1 Å². The fourth-order valence-electron chi connectivity index (χ4n) is 2.12. The molecule has 0 unspecified atom stereocenters. The minimum atomic E-state index is -0.654. The summed E-state index contributed by atoms with van der Waals surface area (Å²) in [7, 11) is 0. The van der Waals surface area contributed by atoms with E-state index in [1.807, 2.05) is 24.4 Å². The lowest BCUT2D eigenvalue weighted by atomic mass is 10.1. The van der Waals surface area contributed by atoms with Gasteiger partial charge in [-0.15, -0.1) is 11.3 Å². The molecule has 0 radical (unpaired) electrons. The third-order valence-corrected chi connectivity index (χ3v) is 5.50. The van der Waals surface area contributed by atoms with E-state index in [-0.39, 0.29) is 25.0 Å². The molecule has 2 aromatic rings. The van der Waals surface area contributed by atoms with Gasteiger partial charge in [-0.3, -0.25) is 14.4 Å². The summed E-state index contributed by atoms with van der Waals surface area (Å²) in [4.78, 5) is 36.5. The molecule has 27 heavy (non-hydrogen) atoms. The van der Waals surface area contributed by atoms with Crippen molar-refractivity contribution in [3.63, 3.8) is 0 Å². The summed E-state index contributed by atoms with van der Waals surface area (Å²) >= 11 is 3.44. The maximum absolute atomic E-state index is 11.9. The second-order valence-corrected chi connectivity index (χ2v) is 7.83. The van der Waals surface area contributed by atoms with Crippen molar-refractivity contribution in [1.29, 1.82) is 0 Å². The molecule has 0 saturated heterocycles. The maximum Gasteiger partial charge on any atom is 0.325 e. The first kappa shape index (κ1) is 21.0. The molecule has 2 rings (SSSR count). The van der Waals surface area contributed by atoms with Gasteiger partial charge in [0.25, 0.3) is 11.8 Å². The molecule has 0 aliphatic heterocycles. The highest BCUT2D eigenvalue weighted by Crippen LogP contribution is 2.16. The molecule has 0 atom stereocenters. The van der Waals surface area contributed by atoms with E-state index in [2.05, 4.69) is 16.7 Å². The number of nitrogens with one attached hydrogen (secondary N) is 2. The van der Waals surface area contributed by atoms with E-state index in [9.17, 15) is 14.4 Å². The fraction of sp³-hybridized carbons (Fsp3) is 0.316. The quantitative estimate of drug-likeness (QED) is 0.467. The van der Waals surface area contributed by atoms with Crippen molar-refractivity contribution in [2.45, 2.75) is 12.7 Å². The summed E-state index contributed by atoms with van der Waals surface area (Å²) in [5.41, 5.74) is 1.43. The average Bonchev–Trinajstić information content (AvgIpc) is 3.17. The number of thiophene rings is 1. The first-order valence-electron chi connectivity index (χ1n) is 8.42. The van der Waals surface area contributed by atoms with Gasteiger partial charge in [-0.05, 0) is 30.5 Å². The van der Waals surface area contributed by atoms with Crippen molar-refractivity contribution in [2.24, 2.45) is 0 Å². The van der Waals surface area contributed by atoms with Gasteiger partial charge < -0.3 is 15.4 Å². The van der Waals surface area contributed by atoms with E-state index in [4.69, 9.17) is 4.74 Å². The first-order valence-corrected chi connectivity index (χ1v) is 10.5. The minimum Gasteiger partial charge on any atom is -0.454 e. The molecule has 0 saturated carbocycles. The molecule has 6 nitrogen and oxygen atoms in total. The van der Waals surface area contributed by atoms with Crippen LogP contribution in [-0.2, 0) is 20.1 Å². The van der Waals surface area contributed by atoms with Gasteiger partial charge in [0.05, 0.1) is 0 Å². The Balaban J connectivity index is 1.54. The van der Waals surface area contributed by atoms with Crippen LogP contribution in [0.3, 0.4) is 0 Å². The molecule has 0 aliphatic carbocycles. The van der Waals surface area contributed by atoms with Crippen LogP contribution in [0.15, 0.2) is 41.8 Å². The van der Waals surface area contributed by atoms with Crippen LogP contribution in [0.5, 0.6) is 0 Å². The molecule has 0 aliphatic rings. The lowest BCUT2D eigenvalue weighted by Gasteiger charge is -2.08. The first-order chi connectivity index (χ1) is 13.0. The molecule has 1 aromatic carbocycles. The van der Waals surface area contributed by atoms with E-state index in [0.29, 0.717) is 12.1 Å². The Labute approximate surface area is 166 Å². The number of esters is 1. The molecule has 0 bridgehead atoms. The van der Waals surface area contributed by atoms with E-state index in [1.54, 1.807) is 41.3 Å². The number of carbonyl (C=O) groups excluding carboxylic acids is 3. The summed E-state index contributed by atoms with van der Waals surface area (Å²) < 4.78 is 4.86. The predicted octanol–water partition coefficient (Wildman–Crippen LogP) is 2.38. The van der Waals surface area contributed by atoms with E-state index < -0.39 is 5.97 Å². The van der Waals surface area contributed by atoms with Crippen LogP contribution in [-0.4, -0.2) is 43.2 Å². The molecular weight excluding hydrogens is 384 g/mol. The molecular formula is C19H22N2O4S2. The Morgan fingerprint density at radius 1 is 1.15 bits per heavy atom. The molecule has 0 fully saturated rings. The molecule has 2 amide bonds. The summed E-state index contributed by atoms with van der Waals surface area (Å²) in [6.07, 6.45) is 0. The van der Waals surface area contributed by atoms with Gasteiger partial charge in [0.15, 0.2) is 6.61 Å². The van der Waals surface area contributed by atoms with Crippen LogP contribution in [0, 0.1) is 6.92 Å². The van der Waals surface area contributed by atoms with Crippen LogP contribution >= 0.6 is 23.1 Å². The van der Waals surface area contributed by atoms with E-state index >= 15 is 0 Å². The Kier molecular flexibility index (Phi) is 8.86. The third kappa shape index (κ3) is 8.27. The normalized spacial score (nSPS) is 10.3. The van der Waals surface area contributed by atoms with Gasteiger partial charge in [0, 0.05) is 28.5 Å². The van der Waals surface area contributed by atoms with Crippen molar-refractivity contribution in [1.82, 2.24) is 10.6 Å². The lowest BCUT2D eigenvalue weighted by Crippen LogP contribution is -2.34. The Morgan fingerprint density at radius 3 is 2.74 bits per heavy atom. The van der Waals surface area contributed by atoms with E-state index in [1.165, 1.54) is 4.88 Å². The van der Waals surface area contributed by atoms with Crippen LogP contribution in [0.1, 0.15) is 20.8 Å². The highest BCUT2D eigenvalue weighted by molar-refractivity contribution is 7.98. The molecule has 8 heteroatoms. The largest absolute Gasteiger partial charge is 0.454 e. The third-order valence-electron chi connectivity index (χ3n) is 3.43. The van der Waals surface area contributed by atoms with Gasteiger partial charge in [-0.2, -0.15) is 11.8 Å². The van der Waals surface area contributed by atoms with Gasteiger partial charge in [-0.1, -0.05) is 23.8 Å². The van der Waals surface area contributed by atoms with Crippen molar-refractivity contribution in [2.75, 3.05) is 25.4 Å². The van der Waals surface area contributed by atoms with Crippen LogP contribution in [0.4, 0.5) is 0 Å². The highest BCUT2D eigenvalue weighted by atomic mass is 32.2. The lowest BCUT2D eigenvalue weighted by molar-refractivity contribution is -0.147. The van der Waals surface area contributed by atoms with Gasteiger partial charge >= 0.3 is 5.97 Å². The van der Waals surface area contributed by atoms with Crippen molar-refractivity contribution in [3.8, 4) is 0 Å². The fourth-order valence-corrected chi connectivity index (χ4v) is 3.82. The van der Waals surface area contributed by atoms with Crippen LogP contribution in [0.2, 0.25) is 0 Å². The molecule has 1 heterocycles. The number of rotatable bonds is 10. The highest BCUT2D eigenvalue weighted by Gasteiger charge is 2.10. The predicted molar refractivity (Wildman–Crippen MR) is 108 cm³/mol. The number of amides is 2. The molecule has 2 N–H and O–H groups in total. The molecule has 1 aromatic heterocycles. The average molecular weight is 407 g/mol. The SMILES string of the molecule is Cc1cccc(C(=O)NCC(=O)OCC(=O)NCCSCc2cccs2)c1. The summed E-state index contributed by atoms with van der Waals surface area (Å²) in [5.74, 6) is 0.332. The van der Waals surface area contributed by atoms with Crippen LogP contribution < -0.4 is 10.6 Å². The summed E-state index contributed by atoms with van der Waals surface area (Å²) in [6.45, 7) is 1.76. The van der Waals surface area contributed by atoms with Gasteiger partial charge in [0.1, 0.15) is 6.54 Å². The Hall–Kier alpha value is -2.32. The number of benzene rings is 1. The Bertz CT molecular complexity index is 763. The smallest absolute Gasteiger partial charge is 0.325 e. The zero-order valence-electron chi connectivity index (χ0n) is 15.0. The van der Waals surface area contributed by atoms with Crippen LogP contribution in [0.25, 0.3) is 0 Å². The van der Waals surface area contributed by atoms with Gasteiger partial charge in [-0.25, -0.2) is 0 Å². The number of hydrogen-bond donors (Lipinski definition) is 2. The Morgan fingerprint density at radius 2 is 2.00 bits per heavy atom. The van der Waals surface area contributed by atoms with Crippen molar-refractivity contribution >= 4 is 40.9 Å². The molecule has 144 valence electrons. The standard InChI is InChI=1S/C19H22N2O4S2/c1-14-4-2-5-15(10-14)19(24)21-11-18(23)25-12-17(22)20-7-9-26-13-16-6-3-8-27-16/h2-6,8,10H,7,9,11-13H2,1H3,(H,20,22)(H,21,24). The zero-order valence-corrected chi connectivity index (χ0v) is 16.7. The number of carbonyl (C=O) groups is 3. The van der Waals surface area contributed by atoms with E-state index in [0.717, 1.165) is 17.1 Å². The minimum absolute atomic E-state index is 0.281. The topological polar surface area (TPSA) is 84.5 Å². The summed E-state index contributed by atoms with van der Waals surface area (Å²) in [6, 6.07) is 11.1. The second kappa shape index (κ2) is 11.4. The number of thioether (sulfide) groups is 1. The number of hydrogen-bond acceptors (Lipinski definition) is 6. The second-order valence-electron chi connectivity index (χ2n) is 5.69. The maximum atomic E-state index is 11.9. The zero-order chi connectivity index (χ0) is 19.5. The number of aryl methyl sites for hydroxylation is 1. The van der Waals surface area contributed by atoms with Crippen molar-refractivity contribution in [3.05, 3.63) is 57.8 Å². The molecule has 0 spiro atoms.